The molecule has 118 valence electrons. The zero-order chi connectivity index (χ0) is 16.7. The van der Waals surface area contributed by atoms with Crippen molar-refractivity contribution in [3.63, 3.8) is 0 Å². The van der Waals surface area contributed by atoms with Gasteiger partial charge in [0.15, 0.2) is 0 Å². The minimum absolute atomic E-state index is 0.325. The van der Waals surface area contributed by atoms with Gasteiger partial charge in [0, 0.05) is 11.6 Å². The lowest BCUT2D eigenvalue weighted by Crippen LogP contribution is -2.09. The summed E-state index contributed by atoms with van der Waals surface area (Å²) in [5.74, 6) is 0.876. The van der Waals surface area contributed by atoms with E-state index in [-0.39, 0.29) is 5.91 Å². The fraction of sp³-hybridized carbons (Fsp3) is 0.111. The number of hydrogen-bond donors (Lipinski definition) is 1. The van der Waals surface area contributed by atoms with E-state index in [1.165, 1.54) is 13.2 Å². The molecule has 0 aliphatic carbocycles. The van der Waals surface area contributed by atoms with Gasteiger partial charge in [0.05, 0.1) is 19.9 Å². The lowest BCUT2D eigenvalue weighted by molar-refractivity contribution is -0.111. The highest BCUT2D eigenvalue weighted by molar-refractivity contribution is 6.03. The van der Waals surface area contributed by atoms with E-state index in [1.54, 1.807) is 31.4 Å². The second kappa shape index (κ2) is 7.79. The molecule has 0 unspecified atom stereocenters. The Morgan fingerprint density at radius 3 is 2.57 bits per heavy atom. The van der Waals surface area contributed by atoms with Gasteiger partial charge in [-0.15, -0.1) is 0 Å². The van der Waals surface area contributed by atoms with Crippen LogP contribution < -0.4 is 14.8 Å². The largest absolute Gasteiger partial charge is 0.497 e. The van der Waals surface area contributed by atoms with Gasteiger partial charge in [-0.2, -0.15) is 0 Å². The van der Waals surface area contributed by atoms with Crippen LogP contribution in [0.4, 0.5) is 5.69 Å². The van der Waals surface area contributed by atoms with Gasteiger partial charge >= 0.3 is 0 Å². The minimum atomic E-state index is -0.325. The second-order valence-corrected chi connectivity index (χ2v) is 4.68. The zero-order valence-electron chi connectivity index (χ0n) is 12.9. The molecule has 5 heteroatoms. The van der Waals surface area contributed by atoms with E-state index in [0.29, 0.717) is 29.0 Å². The minimum Gasteiger partial charge on any atom is -0.497 e. The molecule has 23 heavy (non-hydrogen) atoms. The first-order chi connectivity index (χ1) is 11.2. The normalized spacial score (nSPS) is 10.3. The molecular formula is C18H17NO4. The number of ether oxygens (including phenoxy) is 2. The van der Waals surface area contributed by atoms with Crippen molar-refractivity contribution < 1.29 is 19.1 Å². The number of carbonyl (C=O) groups is 2. The van der Waals surface area contributed by atoms with Gasteiger partial charge in [0.25, 0.3) is 0 Å². The van der Waals surface area contributed by atoms with Gasteiger partial charge in [-0.1, -0.05) is 12.1 Å². The predicted molar refractivity (Wildman–Crippen MR) is 89.0 cm³/mol. The highest BCUT2D eigenvalue weighted by Crippen LogP contribution is 2.25. The summed E-state index contributed by atoms with van der Waals surface area (Å²) in [6, 6.07) is 12.2. The van der Waals surface area contributed by atoms with E-state index >= 15 is 0 Å². The number of anilines is 1. The molecule has 0 aromatic heterocycles. The molecule has 0 heterocycles. The summed E-state index contributed by atoms with van der Waals surface area (Å²) in [4.78, 5) is 22.9. The van der Waals surface area contributed by atoms with Gasteiger partial charge < -0.3 is 14.8 Å². The molecule has 0 bridgehead atoms. The number of rotatable bonds is 6. The summed E-state index contributed by atoms with van der Waals surface area (Å²) in [6.45, 7) is 0. The van der Waals surface area contributed by atoms with E-state index in [1.807, 2.05) is 24.3 Å². The van der Waals surface area contributed by atoms with Crippen molar-refractivity contribution >= 4 is 24.0 Å². The summed E-state index contributed by atoms with van der Waals surface area (Å²) in [5.41, 5.74) is 1.74. The fourth-order valence-corrected chi connectivity index (χ4v) is 1.99. The average molecular weight is 311 g/mol. The summed E-state index contributed by atoms with van der Waals surface area (Å²) in [5, 5.41) is 2.69. The Labute approximate surface area is 134 Å². The van der Waals surface area contributed by atoms with Crippen molar-refractivity contribution in [2.75, 3.05) is 19.5 Å². The first-order valence-electron chi connectivity index (χ1n) is 6.92. The summed E-state index contributed by atoms with van der Waals surface area (Å²) in [7, 11) is 3.08. The number of carbonyl (C=O) groups excluding carboxylic acids is 2. The highest BCUT2D eigenvalue weighted by atomic mass is 16.5. The number of amides is 1. The third-order valence-electron chi connectivity index (χ3n) is 3.14. The summed E-state index contributed by atoms with van der Waals surface area (Å²) >= 11 is 0. The topological polar surface area (TPSA) is 64.6 Å². The van der Waals surface area contributed by atoms with Crippen molar-refractivity contribution in [3.05, 3.63) is 59.7 Å². The Kier molecular flexibility index (Phi) is 5.52. The molecule has 2 aromatic carbocycles. The Morgan fingerprint density at radius 1 is 1.04 bits per heavy atom. The van der Waals surface area contributed by atoms with Crippen LogP contribution >= 0.6 is 0 Å². The molecule has 0 spiro atoms. The van der Waals surface area contributed by atoms with Crippen molar-refractivity contribution in [1.82, 2.24) is 0 Å². The Bertz CT molecular complexity index is 738. The molecule has 5 nitrogen and oxygen atoms in total. The van der Waals surface area contributed by atoms with Crippen LogP contribution in [0.1, 0.15) is 15.9 Å². The maximum atomic E-state index is 12.0. The molecule has 0 fully saturated rings. The van der Waals surface area contributed by atoms with Gasteiger partial charge in [-0.25, -0.2) is 0 Å². The monoisotopic (exact) mass is 311 g/mol. The van der Waals surface area contributed by atoms with Gasteiger partial charge in [-0.3, -0.25) is 9.59 Å². The number of methoxy groups -OCH3 is 2. The van der Waals surface area contributed by atoms with Crippen molar-refractivity contribution in [3.8, 4) is 11.5 Å². The second-order valence-electron chi connectivity index (χ2n) is 4.68. The molecule has 2 rings (SSSR count). The molecule has 0 saturated carbocycles. The molecule has 0 radical (unpaired) electrons. The molecule has 2 aromatic rings. The molecule has 1 N–H and O–H groups in total. The van der Waals surface area contributed by atoms with Crippen LogP contribution in [-0.4, -0.2) is 26.4 Å². The van der Waals surface area contributed by atoms with Gasteiger partial charge in [-0.05, 0) is 42.0 Å². The molecular weight excluding hydrogens is 294 g/mol. The zero-order valence-corrected chi connectivity index (χ0v) is 12.9. The standard InChI is InChI=1S/C18H17NO4/c1-22-15-5-3-4-13(10-15)7-9-18(21)19-16-11-14(12-20)6-8-17(16)23-2/h3-12H,1-2H3,(H,19,21)/b9-7+. The van der Waals surface area contributed by atoms with E-state index < -0.39 is 0 Å². The van der Waals surface area contributed by atoms with Crippen LogP contribution in [0, 0.1) is 0 Å². The van der Waals surface area contributed by atoms with Crippen LogP contribution in [0.15, 0.2) is 48.5 Å². The third-order valence-corrected chi connectivity index (χ3v) is 3.14. The van der Waals surface area contributed by atoms with E-state index in [9.17, 15) is 9.59 Å². The smallest absolute Gasteiger partial charge is 0.248 e. The maximum absolute atomic E-state index is 12.0. The highest BCUT2D eigenvalue weighted by Gasteiger charge is 2.06. The number of nitrogens with one attached hydrogen (secondary N) is 1. The molecule has 0 aliphatic rings. The van der Waals surface area contributed by atoms with Crippen molar-refractivity contribution in [2.45, 2.75) is 0 Å². The fourth-order valence-electron chi connectivity index (χ4n) is 1.99. The van der Waals surface area contributed by atoms with Crippen LogP contribution in [0.2, 0.25) is 0 Å². The van der Waals surface area contributed by atoms with Crippen LogP contribution in [-0.2, 0) is 4.79 Å². The number of hydrogen-bond acceptors (Lipinski definition) is 4. The lowest BCUT2D eigenvalue weighted by atomic mass is 10.2. The first-order valence-corrected chi connectivity index (χ1v) is 6.92. The van der Waals surface area contributed by atoms with E-state index in [2.05, 4.69) is 5.32 Å². The van der Waals surface area contributed by atoms with Crippen LogP contribution in [0.25, 0.3) is 6.08 Å². The summed E-state index contributed by atoms with van der Waals surface area (Å²) < 4.78 is 10.3. The molecule has 0 aliphatic heterocycles. The third kappa shape index (κ3) is 4.44. The van der Waals surface area contributed by atoms with Gasteiger partial charge in [0.1, 0.15) is 17.8 Å². The maximum Gasteiger partial charge on any atom is 0.248 e. The number of aldehydes is 1. The Balaban J connectivity index is 2.12. The van der Waals surface area contributed by atoms with Crippen molar-refractivity contribution in [2.24, 2.45) is 0 Å². The van der Waals surface area contributed by atoms with E-state index in [4.69, 9.17) is 9.47 Å². The Morgan fingerprint density at radius 2 is 1.87 bits per heavy atom. The van der Waals surface area contributed by atoms with E-state index in [0.717, 1.165) is 5.56 Å². The molecule has 0 saturated heterocycles. The van der Waals surface area contributed by atoms with Crippen molar-refractivity contribution in [1.29, 1.82) is 0 Å². The van der Waals surface area contributed by atoms with Gasteiger partial charge in [0.2, 0.25) is 5.91 Å². The summed E-state index contributed by atoms with van der Waals surface area (Å²) in [6.07, 6.45) is 3.79. The Hall–Kier alpha value is -3.08. The molecule has 1 amide bonds. The lowest BCUT2D eigenvalue weighted by Gasteiger charge is -2.09. The average Bonchev–Trinajstić information content (AvgIpc) is 2.60. The van der Waals surface area contributed by atoms with Crippen LogP contribution in [0.3, 0.4) is 0 Å². The predicted octanol–water partition coefficient (Wildman–Crippen LogP) is 3.17. The first kappa shape index (κ1) is 16.3. The quantitative estimate of drug-likeness (QED) is 0.657. The van der Waals surface area contributed by atoms with Crippen LogP contribution in [0.5, 0.6) is 11.5 Å². The number of benzene rings is 2. The SMILES string of the molecule is COc1cccc(/C=C/C(=O)Nc2cc(C=O)ccc2OC)c1. The molecule has 0 atom stereocenters.